The predicted molar refractivity (Wildman–Crippen MR) is 121 cm³/mol. The van der Waals surface area contributed by atoms with E-state index in [4.69, 9.17) is 30.5 Å². The monoisotopic (exact) mass is 465 g/mol. The maximum Gasteiger partial charge on any atom is 0.410 e. The molecule has 0 aromatic heterocycles. The fourth-order valence-electron chi connectivity index (χ4n) is 3.46. The van der Waals surface area contributed by atoms with Gasteiger partial charge in [-0.1, -0.05) is 17.7 Å². The highest BCUT2D eigenvalue weighted by molar-refractivity contribution is 6.30. The number of likely N-dealkylation sites (tertiary alicyclic amines) is 1. The minimum atomic E-state index is -0.573. The molecular weight excluding hydrogens is 437 g/mol. The Kier molecular flexibility index (Phi) is 7.72. The minimum absolute atomic E-state index is 0.0600. The van der Waals surface area contributed by atoms with Crippen LogP contribution >= 0.6 is 11.6 Å². The van der Waals surface area contributed by atoms with Gasteiger partial charge < -0.3 is 23.8 Å². The summed E-state index contributed by atoms with van der Waals surface area (Å²) in [5.74, 6) is 0.253. The van der Waals surface area contributed by atoms with E-state index in [1.54, 1.807) is 29.2 Å². The molecule has 0 bridgehead atoms. The molecule has 1 amide bonds. The SMILES string of the molecule is COc1cccc(F)c1Oc1cc(Cl)ccc1OC[C@@H]1CCCCN1C(=O)OC(C)(C)C. The molecule has 0 radical (unpaired) electrons. The van der Waals surface area contributed by atoms with E-state index < -0.39 is 11.4 Å². The second-order valence-electron chi connectivity index (χ2n) is 8.60. The van der Waals surface area contributed by atoms with Crippen LogP contribution in [0, 0.1) is 5.82 Å². The van der Waals surface area contributed by atoms with Gasteiger partial charge in [-0.05, 0) is 64.3 Å². The van der Waals surface area contributed by atoms with Gasteiger partial charge in [0.05, 0.1) is 13.2 Å². The molecule has 8 heteroatoms. The number of methoxy groups -OCH3 is 1. The van der Waals surface area contributed by atoms with Gasteiger partial charge in [0, 0.05) is 17.6 Å². The number of nitrogens with zero attached hydrogens (tertiary/aromatic N) is 1. The standard InChI is InChI=1S/C24H29ClFNO5/c1-24(2,3)32-23(28)27-13-6-5-8-17(27)15-30-19-12-11-16(25)14-21(19)31-22-18(26)9-7-10-20(22)29-4/h7,9-12,14,17H,5-6,8,13,15H2,1-4H3/t17-/m0/s1. The number of halogens is 2. The van der Waals surface area contributed by atoms with Gasteiger partial charge >= 0.3 is 6.09 Å². The fourth-order valence-corrected chi connectivity index (χ4v) is 3.62. The Hall–Kier alpha value is -2.67. The number of para-hydroxylation sites is 1. The lowest BCUT2D eigenvalue weighted by Crippen LogP contribution is -2.48. The molecule has 1 saturated heterocycles. The van der Waals surface area contributed by atoms with E-state index in [-0.39, 0.29) is 36.0 Å². The number of carbonyl (C=O) groups is 1. The molecule has 2 aromatic carbocycles. The first kappa shape index (κ1) is 24.0. The maximum absolute atomic E-state index is 14.4. The summed E-state index contributed by atoms with van der Waals surface area (Å²) in [7, 11) is 1.44. The largest absolute Gasteiger partial charge is 0.493 e. The molecule has 3 rings (SSSR count). The summed E-state index contributed by atoms with van der Waals surface area (Å²) >= 11 is 6.14. The molecule has 0 saturated carbocycles. The second kappa shape index (κ2) is 10.3. The zero-order valence-corrected chi connectivity index (χ0v) is 19.6. The van der Waals surface area contributed by atoms with Crippen LogP contribution in [0.4, 0.5) is 9.18 Å². The summed E-state index contributed by atoms with van der Waals surface area (Å²) in [6, 6.07) is 9.14. The highest BCUT2D eigenvalue weighted by Crippen LogP contribution is 2.39. The zero-order valence-electron chi connectivity index (χ0n) is 18.8. The number of piperidine rings is 1. The minimum Gasteiger partial charge on any atom is -0.493 e. The van der Waals surface area contributed by atoms with Crippen molar-refractivity contribution in [2.75, 3.05) is 20.3 Å². The van der Waals surface area contributed by atoms with Gasteiger partial charge in [0.2, 0.25) is 5.75 Å². The van der Waals surface area contributed by atoms with E-state index in [1.165, 1.54) is 19.2 Å². The summed E-state index contributed by atoms with van der Waals surface area (Å²) in [6.45, 7) is 6.38. The zero-order chi connectivity index (χ0) is 23.3. The normalized spacial score (nSPS) is 16.4. The molecule has 2 aromatic rings. The smallest absolute Gasteiger partial charge is 0.410 e. The van der Waals surface area contributed by atoms with Gasteiger partial charge in [-0.25, -0.2) is 9.18 Å². The van der Waals surface area contributed by atoms with Crippen LogP contribution in [0.1, 0.15) is 40.0 Å². The number of carbonyl (C=O) groups excluding carboxylic acids is 1. The Morgan fingerprint density at radius 1 is 1.16 bits per heavy atom. The molecule has 1 atom stereocenters. The lowest BCUT2D eigenvalue weighted by atomic mass is 10.0. The van der Waals surface area contributed by atoms with E-state index >= 15 is 0 Å². The van der Waals surface area contributed by atoms with Crippen molar-refractivity contribution in [2.24, 2.45) is 0 Å². The van der Waals surface area contributed by atoms with E-state index in [1.807, 2.05) is 20.8 Å². The van der Waals surface area contributed by atoms with Crippen LogP contribution in [0.25, 0.3) is 0 Å². The van der Waals surface area contributed by atoms with Crippen LogP contribution in [0.3, 0.4) is 0 Å². The van der Waals surface area contributed by atoms with Crippen molar-refractivity contribution in [3.63, 3.8) is 0 Å². The number of hydrogen-bond acceptors (Lipinski definition) is 5. The molecule has 174 valence electrons. The lowest BCUT2D eigenvalue weighted by molar-refractivity contribution is 0.00352. The van der Waals surface area contributed by atoms with Crippen LogP contribution in [-0.2, 0) is 4.74 Å². The Morgan fingerprint density at radius 2 is 1.94 bits per heavy atom. The lowest BCUT2D eigenvalue weighted by Gasteiger charge is -2.36. The Bertz CT molecular complexity index is 946. The molecule has 0 aliphatic carbocycles. The predicted octanol–water partition coefficient (Wildman–Crippen LogP) is 6.45. The van der Waals surface area contributed by atoms with Crippen LogP contribution in [0.2, 0.25) is 5.02 Å². The number of ether oxygens (including phenoxy) is 4. The summed E-state index contributed by atoms with van der Waals surface area (Å²) in [5.41, 5.74) is -0.573. The molecule has 1 aliphatic rings. The Labute approximate surface area is 193 Å². The Morgan fingerprint density at radius 3 is 2.66 bits per heavy atom. The number of amides is 1. The van der Waals surface area contributed by atoms with Gasteiger partial charge in [0.25, 0.3) is 0 Å². The molecule has 6 nitrogen and oxygen atoms in total. The van der Waals surface area contributed by atoms with Crippen molar-refractivity contribution in [1.29, 1.82) is 0 Å². The van der Waals surface area contributed by atoms with Crippen LogP contribution < -0.4 is 14.2 Å². The second-order valence-corrected chi connectivity index (χ2v) is 9.04. The van der Waals surface area contributed by atoms with Crippen molar-refractivity contribution in [1.82, 2.24) is 4.90 Å². The molecule has 0 unspecified atom stereocenters. The summed E-state index contributed by atoms with van der Waals surface area (Å²) in [5, 5.41) is 0.413. The fraction of sp³-hybridized carbons (Fsp3) is 0.458. The average Bonchev–Trinajstić information content (AvgIpc) is 2.73. The third-order valence-electron chi connectivity index (χ3n) is 4.95. The molecule has 1 heterocycles. The number of rotatable bonds is 6. The van der Waals surface area contributed by atoms with Crippen molar-refractivity contribution >= 4 is 17.7 Å². The maximum atomic E-state index is 14.4. The topological polar surface area (TPSA) is 57.2 Å². The van der Waals surface area contributed by atoms with Crippen molar-refractivity contribution in [3.8, 4) is 23.0 Å². The number of benzene rings is 2. The summed E-state index contributed by atoms with van der Waals surface area (Å²) in [6.07, 6.45) is 2.35. The summed E-state index contributed by atoms with van der Waals surface area (Å²) < 4.78 is 37.0. The van der Waals surface area contributed by atoms with E-state index in [0.29, 0.717) is 17.3 Å². The third-order valence-corrected chi connectivity index (χ3v) is 5.19. The molecule has 32 heavy (non-hydrogen) atoms. The first-order chi connectivity index (χ1) is 15.2. The number of hydrogen-bond donors (Lipinski definition) is 0. The molecular formula is C24H29ClFNO5. The van der Waals surface area contributed by atoms with Crippen molar-refractivity contribution in [3.05, 3.63) is 47.2 Å². The first-order valence-electron chi connectivity index (χ1n) is 10.6. The third kappa shape index (κ3) is 6.19. The highest BCUT2D eigenvalue weighted by atomic mass is 35.5. The van der Waals surface area contributed by atoms with Gasteiger partial charge in [-0.2, -0.15) is 0 Å². The van der Waals surface area contributed by atoms with Crippen LogP contribution in [0.15, 0.2) is 36.4 Å². The van der Waals surface area contributed by atoms with Gasteiger partial charge in [-0.3, -0.25) is 0 Å². The van der Waals surface area contributed by atoms with Crippen LogP contribution in [-0.4, -0.2) is 42.9 Å². The Balaban J connectivity index is 1.77. The quantitative estimate of drug-likeness (QED) is 0.490. The summed E-state index contributed by atoms with van der Waals surface area (Å²) in [4.78, 5) is 14.4. The van der Waals surface area contributed by atoms with Gasteiger partial charge in [0.15, 0.2) is 23.1 Å². The van der Waals surface area contributed by atoms with Gasteiger partial charge in [0.1, 0.15) is 12.2 Å². The van der Waals surface area contributed by atoms with E-state index in [9.17, 15) is 9.18 Å². The van der Waals surface area contributed by atoms with Crippen molar-refractivity contribution < 1.29 is 28.1 Å². The van der Waals surface area contributed by atoms with Crippen molar-refractivity contribution in [2.45, 2.75) is 51.7 Å². The average molecular weight is 466 g/mol. The molecule has 1 fully saturated rings. The van der Waals surface area contributed by atoms with Gasteiger partial charge in [-0.15, -0.1) is 0 Å². The van der Waals surface area contributed by atoms with Crippen LogP contribution in [0.5, 0.6) is 23.0 Å². The first-order valence-corrected chi connectivity index (χ1v) is 11.0. The van der Waals surface area contributed by atoms with E-state index in [2.05, 4.69) is 0 Å². The molecule has 0 spiro atoms. The highest BCUT2D eigenvalue weighted by Gasteiger charge is 2.31. The molecule has 1 aliphatic heterocycles. The van der Waals surface area contributed by atoms with E-state index in [0.717, 1.165) is 19.3 Å². The molecule has 0 N–H and O–H groups in total.